The standard InChI is InChI=1S/C10H9BrO2S/c11-7-3-1-6(2-4-7)8-5-9(14)10(12)13-8/h1-4,8-9,14H,5H2. The maximum atomic E-state index is 11.1. The van der Waals surface area contributed by atoms with Crippen molar-refractivity contribution in [3.8, 4) is 0 Å². The molecule has 4 heteroatoms. The monoisotopic (exact) mass is 272 g/mol. The molecule has 14 heavy (non-hydrogen) atoms. The first-order valence-electron chi connectivity index (χ1n) is 4.31. The quantitative estimate of drug-likeness (QED) is 0.629. The van der Waals surface area contributed by atoms with Gasteiger partial charge in [-0.3, -0.25) is 4.79 Å². The van der Waals surface area contributed by atoms with E-state index in [1.54, 1.807) is 0 Å². The average molecular weight is 273 g/mol. The Morgan fingerprint density at radius 1 is 1.36 bits per heavy atom. The summed E-state index contributed by atoms with van der Waals surface area (Å²) in [5, 5.41) is -0.274. The molecule has 2 atom stereocenters. The molecular weight excluding hydrogens is 264 g/mol. The van der Waals surface area contributed by atoms with E-state index in [-0.39, 0.29) is 17.3 Å². The number of benzene rings is 1. The largest absolute Gasteiger partial charge is 0.457 e. The highest BCUT2D eigenvalue weighted by molar-refractivity contribution is 9.10. The molecule has 1 saturated heterocycles. The van der Waals surface area contributed by atoms with Gasteiger partial charge in [0, 0.05) is 10.9 Å². The second-order valence-corrected chi connectivity index (χ2v) is 4.77. The number of esters is 1. The molecule has 1 aromatic carbocycles. The highest BCUT2D eigenvalue weighted by Crippen LogP contribution is 2.32. The van der Waals surface area contributed by atoms with Crippen LogP contribution in [0.15, 0.2) is 28.7 Å². The molecule has 0 aromatic heterocycles. The second kappa shape index (κ2) is 3.95. The molecule has 1 heterocycles. The van der Waals surface area contributed by atoms with Crippen LogP contribution in [-0.4, -0.2) is 11.2 Å². The van der Waals surface area contributed by atoms with Crippen LogP contribution in [0.3, 0.4) is 0 Å². The third-order valence-corrected chi connectivity index (χ3v) is 3.16. The summed E-state index contributed by atoms with van der Waals surface area (Å²) in [7, 11) is 0. The van der Waals surface area contributed by atoms with Crippen LogP contribution in [0.25, 0.3) is 0 Å². The molecule has 0 amide bonds. The second-order valence-electron chi connectivity index (χ2n) is 3.23. The SMILES string of the molecule is O=C1OC(c2ccc(Br)cc2)CC1S. The Balaban J connectivity index is 2.17. The Morgan fingerprint density at radius 2 is 2.00 bits per heavy atom. The van der Waals surface area contributed by atoms with Crippen molar-refractivity contribution >= 4 is 34.5 Å². The molecule has 1 aliphatic rings. The van der Waals surface area contributed by atoms with Crippen molar-refractivity contribution in [2.75, 3.05) is 0 Å². The molecule has 0 radical (unpaired) electrons. The maximum Gasteiger partial charge on any atom is 0.319 e. The van der Waals surface area contributed by atoms with Gasteiger partial charge in [0.15, 0.2) is 0 Å². The minimum atomic E-state index is -0.274. The van der Waals surface area contributed by atoms with E-state index in [4.69, 9.17) is 4.74 Å². The minimum Gasteiger partial charge on any atom is -0.457 e. The van der Waals surface area contributed by atoms with Crippen molar-refractivity contribution in [3.05, 3.63) is 34.3 Å². The fourth-order valence-electron chi connectivity index (χ4n) is 1.45. The van der Waals surface area contributed by atoms with Crippen molar-refractivity contribution in [1.29, 1.82) is 0 Å². The van der Waals surface area contributed by atoms with Gasteiger partial charge < -0.3 is 4.74 Å². The Morgan fingerprint density at radius 3 is 2.50 bits per heavy atom. The molecule has 2 rings (SSSR count). The molecule has 2 unspecified atom stereocenters. The fraction of sp³-hybridized carbons (Fsp3) is 0.300. The molecule has 1 fully saturated rings. The highest BCUT2D eigenvalue weighted by Gasteiger charge is 2.32. The molecule has 0 aliphatic carbocycles. The van der Waals surface area contributed by atoms with Gasteiger partial charge in [0.05, 0.1) is 0 Å². The number of rotatable bonds is 1. The number of cyclic esters (lactones) is 1. The van der Waals surface area contributed by atoms with Gasteiger partial charge in [-0.05, 0) is 17.7 Å². The van der Waals surface area contributed by atoms with Crippen molar-refractivity contribution in [1.82, 2.24) is 0 Å². The molecule has 2 nitrogen and oxygen atoms in total. The summed E-state index contributed by atoms with van der Waals surface area (Å²) in [5.74, 6) is -0.221. The Labute approximate surface area is 96.2 Å². The molecule has 1 aromatic rings. The molecular formula is C10H9BrO2S. The van der Waals surface area contributed by atoms with Gasteiger partial charge in [-0.25, -0.2) is 0 Å². The van der Waals surface area contributed by atoms with Crippen LogP contribution in [-0.2, 0) is 9.53 Å². The van der Waals surface area contributed by atoms with Gasteiger partial charge >= 0.3 is 5.97 Å². The van der Waals surface area contributed by atoms with Crippen LogP contribution >= 0.6 is 28.6 Å². The summed E-state index contributed by atoms with van der Waals surface area (Å²) in [6.45, 7) is 0. The third kappa shape index (κ3) is 1.96. The van der Waals surface area contributed by atoms with Crippen molar-refractivity contribution in [2.45, 2.75) is 17.8 Å². The lowest BCUT2D eigenvalue weighted by Gasteiger charge is -2.08. The van der Waals surface area contributed by atoms with Crippen LogP contribution in [0.2, 0.25) is 0 Å². The smallest absolute Gasteiger partial charge is 0.319 e. The van der Waals surface area contributed by atoms with Crippen molar-refractivity contribution < 1.29 is 9.53 Å². The molecule has 0 spiro atoms. The van der Waals surface area contributed by atoms with E-state index in [1.807, 2.05) is 24.3 Å². The van der Waals surface area contributed by atoms with E-state index < -0.39 is 0 Å². The van der Waals surface area contributed by atoms with E-state index >= 15 is 0 Å². The Hall–Kier alpha value is -0.480. The fourth-order valence-corrected chi connectivity index (χ4v) is 1.96. The number of halogens is 1. The molecule has 1 aliphatic heterocycles. The number of thiol groups is 1. The lowest BCUT2D eigenvalue weighted by atomic mass is 10.1. The zero-order valence-electron chi connectivity index (χ0n) is 7.31. The van der Waals surface area contributed by atoms with Gasteiger partial charge in [0.2, 0.25) is 0 Å². The normalized spacial score (nSPS) is 26.3. The number of hydrogen-bond acceptors (Lipinski definition) is 3. The van der Waals surface area contributed by atoms with E-state index in [1.165, 1.54) is 0 Å². The molecule has 74 valence electrons. The first kappa shape index (κ1) is 10.1. The van der Waals surface area contributed by atoms with E-state index in [0.717, 1.165) is 10.0 Å². The maximum absolute atomic E-state index is 11.1. The topological polar surface area (TPSA) is 26.3 Å². The number of ether oxygens (including phenoxy) is 1. The molecule has 0 N–H and O–H groups in total. The van der Waals surface area contributed by atoms with Gasteiger partial charge in [0.1, 0.15) is 11.4 Å². The van der Waals surface area contributed by atoms with E-state index in [2.05, 4.69) is 28.6 Å². The number of hydrogen-bond donors (Lipinski definition) is 1. The first-order chi connectivity index (χ1) is 6.66. The minimum absolute atomic E-state index is 0.127. The predicted octanol–water partition coefficient (Wildman–Crippen LogP) is 2.74. The highest BCUT2D eigenvalue weighted by atomic mass is 79.9. The van der Waals surface area contributed by atoms with Gasteiger partial charge in [0.25, 0.3) is 0 Å². The van der Waals surface area contributed by atoms with Crippen LogP contribution in [0.4, 0.5) is 0 Å². The van der Waals surface area contributed by atoms with Crippen molar-refractivity contribution in [2.24, 2.45) is 0 Å². The van der Waals surface area contributed by atoms with Crippen LogP contribution in [0.5, 0.6) is 0 Å². The summed E-state index contributed by atoms with van der Waals surface area (Å²) in [6.07, 6.45) is 0.530. The van der Waals surface area contributed by atoms with Gasteiger partial charge in [-0.15, -0.1) is 0 Å². The lowest BCUT2D eigenvalue weighted by molar-refractivity contribution is -0.141. The van der Waals surface area contributed by atoms with Crippen LogP contribution in [0, 0.1) is 0 Å². The van der Waals surface area contributed by atoms with Crippen LogP contribution < -0.4 is 0 Å². The summed E-state index contributed by atoms with van der Waals surface area (Å²) < 4.78 is 6.19. The van der Waals surface area contributed by atoms with Crippen molar-refractivity contribution in [3.63, 3.8) is 0 Å². The predicted molar refractivity (Wildman–Crippen MR) is 60.4 cm³/mol. The van der Waals surface area contributed by atoms with E-state index in [0.29, 0.717) is 6.42 Å². The number of carbonyl (C=O) groups is 1. The van der Waals surface area contributed by atoms with Gasteiger partial charge in [-0.1, -0.05) is 28.1 Å². The third-order valence-electron chi connectivity index (χ3n) is 2.21. The zero-order chi connectivity index (χ0) is 10.1. The van der Waals surface area contributed by atoms with Gasteiger partial charge in [-0.2, -0.15) is 12.6 Å². The summed E-state index contributed by atoms with van der Waals surface area (Å²) in [5.41, 5.74) is 1.03. The lowest BCUT2D eigenvalue weighted by Crippen LogP contribution is -2.04. The van der Waals surface area contributed by atoms with Crippen LogP contribution in [0.1, 0.15) is 18.1 Å². The number of carbonyl (C=O) groups excluding carboxylic acids is 1. The molecule has 0 bridgehead atoms. The first-order valence-corrected chi connectivity index (χ1v) is 5.62. The molecule has 0 saturated carbocycles. The summed E-state index contributed by atoms with van der Waals surface area (Å²) >= 11 is 7.49. The Bertz CT molecular complexity index is 350. The average Bonchev–Trinajstić information content (AvgIpc) is 2.48. The van der Waals surface area contributed by atoms with E-state index in [9.17, 15) is 4.79 Å². The summed E-state index contributed by atoms with van der Waals surface area (Å²) in [4.78, 5) is 11.1. The summed E-state index contributed by atoms with van der Waals surface area (Å²) in [6, 6.07) is 7.78. The Kier molecular flexibility index (Phi) is 2.83. The zero-order valence-corrected chi connectivity index (χ0v) is 9.79.